The maximum atomic E-state index is 5.92. The Morgan fingerprint density at radius 3 is 2.67 bits per heavy atom. The monoisotopic (exact) mass is 201 g/mol. The highest BCUT2D eigenvalue weighted by Gasteiger charge is 2.16. The Hall–Kier alpha value is -1.08. The van der Waals surface area contributed by atoms with Crippen molar-refractivity contribution < 1.29 is 0 Å². The molecule has 1 nitrogen and oxygen atoms in total. The largest absolute Gasteiger partial charge is 0.324 e. The number of hydrogen-bond donors (Lipinski definition) is 1. The van der Waals surface area contributed by atoms with Crippen LogP contribution in [0.25, 0.3) is 12.2 Å². The molecule has 0 aromatic heterocycles. The zero-order valence-electron chi connectivity index (χ0n) is 9.75. The van der Waals surface area contributed by atoms with Crippen LogP contribution >= 0.6 is 0 Å². The highest BCUT2D eigenvalue weighted by Crippen LogP contribution is 2.17. The summed E-state index contributed by atoms with van der Waals surface area (Å²) in [7, 11) is 0. The molecule has 1 atom stereocenters. The molecule has 0 spiro atoms. The van der Waals surface area contributed by atoms with Crippen LogP contribution in [0.4, 0.5) is 0 Å². The number of rotatable bonds is 0. The zero-order chi connectivity index (χ0) is 11.1. The van der Waals surface area contributed by atoms with Crippen LogP contribution in [0.5, 0.6) is 0 Å². The van der Waals surface area contributed by atoms with Crippen LogP contribution in [0.2, 0.25) is 0 Å². The number of hydrogen-bond acceptors (Lipinski definition) is 1. The van der Waals surface area contributed by atoms with Gasteiger partial charge in [0.25, 0.3) is 0 Å². The first-order valence-corrected chi connectivity index (χ1v) is 5.55. The lowest BCUT2D eigenvalue weighted by Gasteiger charge is -2.21. The fourth-order valence-electron chi connectivity index (χ4n) is 2.16. The summed E-state index contributed by atoms with van der Waals surface area (Å²) in [6.45, 7) is 6.76. The Kier molecular flexibility index (Phi) is 2.43. The Balaban J connectivity index is 2.73. The van der Waals surface area contributed by atoms with Crippen molar-refractivity contribution in [2.24, 2.45) is 5.73 Å². The molecule has 0 radical (unpaired) electrons. The van der Waals surface area contributed by atoms with Gasteiger partial charge in [-0.25, -0.2) is 0 Å². The van der Waals surface area contributed by atoms with E-state index in [1.165, 1.54) is 16.0 Å². The molecule has 1 aromatic rings. The summed E-state index contributed by atoms with van der Waals surface area (Å²) in [6, 6.07) is 6.69. The second kappa shape index (κ2) is 3.49. The van der Waals surface area contributed by atoms with Crippen LogP contribution in [0, 0.1) is 0 Å². The van der Waals surface area contributed by atoms with Crippen LogP contribution in [-0.4, -0.2) is 6.04 Å². The van der Waals surface area contributed by atoms with E-state index in [1.807, 2.05) is 0 Å². The molecule has 1 aliphatic rings. The molecule has 2 rings (SSSR count). The molecule has 1 heteroatoms. The second-order valence-corrected chi connectivity index (χ2v) is 5.33. The quantitative estimate of drug-likeness (QED) is 0.672. The van der Waals surface area contributed by atoms with Crippen LogP contribution in [0.1, 0.15) is 32.8 Å². The molecule has 0 heterocycles. The van der Waals surface area contributed by atoms with E-state index in [4.69, 9.17) is 5.73 Å². The second-order valence-electron chi connectivity index (χ2n) is 5.33. The summed E-state index contributed by atoms with van der Waals surface area (Å²) in [5.74, 6) is 0. The van der Waals surface area contributed by atoms with Gasteiger partial charge in [-0.05, 0) is 27.8 Å². The van der Waals surface area contributed by atoms with Gasteiger partial charge in [0.15, 0.2) is 0 Å². The fourth-order valence-corrected chi connectivity index (χ4v) is 2.16. The average molecular weight is 201 g/mol. The van der Waals surface area contributed by atoms with Crippen molar-refractivity contribution in [3.63, 3.8) is 0 Å². The standard InChI is InChI=1S/C14H19N/c1-14(2,3)13-6-4-5-10-9-11(15)7-8-12(10)13/h4-6,8-9,11H,7,15H2,1-3H3. The molecule has 1 aromatic carbocycles. The maximum absolute atomic E-state index is 5.92. The summed E-state index contributed by atoms with van der Waals surface area (Å²) < 4.78 is 0. The van der Waals surface area contributed by atoms with Gasteiger partial charge in [-0.3, -0.25) is 0 Å². The van der Waals surface area contributed by atoms with E-state index in [0.717, 1.165) is 6.42 Å². The summed E-state index contributed by atoms with van der Waals surface area (Å²) in [5, 5.41) is 2.67. The van der Waals surface area contributed by atoms with Gasteiger partial charge >= 0.3 is 0 Å². The van der Waals surface area contributed by atoms with Gasteiger partial charge in [0, 0.05) is 6.04 Å². The van der Waals surface area contributed by atoms with Gasteiger partial charge in [-0.2, -0.15) is 0 Å². The minimum absolute atomic E-state index is 0.188. The van der Waals surface area contributed by atoms with E-state index in [9.17, 15) is 0 Å². The maximum Gasteiger partial charge on any atom is 0.0268 e. The summed E-state index contributed by atoms with van der Waals surface area (Å²) in [4.78, 5) is 0. The van der Waals surface area contributed by atoms with E-state index in [1.54, 1.807) is 0 Å². The van der Waals surface area contributed by atoms with Gasteiger partial charge in [-0.15, -0.1) is 0 Å². The fraction of sp³-hybridized carbons (Fsp3) is 0.429. The Labute approximate surface area is 91.3 Å². The number of fused-ring (bicyclic) bond motifs is 1. The van der Waals surface area contributed by atoms with Crippen molar-refractivity contribution in [2.45, 2.75) is 38.6 Å². The van der Waals surface area contributed by atoms with Crippen molar-refractivity contribution in [3.05, 3.63) is 34.2 Å². The lowest BCUT2D eigenvalue weighted by atomic mass is 9.84. The minimum Gasteiger partial charge on any atom is -0.324 e. The average Bonchev–Trinajstić information content (AvgIpc) is 2.15. The molecule has 80 valence electrons. The lowest BCUT2D eigenvalue weighted by Crippen LogP contribution is -2.39. The predicted molar refractivity (Wildman–Crippen MR) is 65.9 cm³/mol. The molecule has 0 amide bonds. The van der Waals surface area contributed by atoms with Gasteiger partial charge in [0.1, 0.15) is 0 Å². The highest BCUT2D eigenvalue weighted by molar-refractivity contribution is 5.46. The van der Waals surface area contributed by atoms with Gasteiger partial charge < -0.3 is 5.73 Å². The molecule has 0 fully saturated rings. The van der Waals surface area contributed by atoms with E-state index in [-0.39, 0.29) is 11.5 Å². The molecular formula is C14H19N. The molecular weight excluding hydrogens is 182 g/mol. The van der Waals surface area contributed by atoms with E-state index < -0.39 is 0 Å². The van der Waals surface area contributed by atoms with E-state index in [2.05, 4.69) is 51.1 Å². The van der Waals surface area contributed by atoms with Crippen molar-refractivity contribution in [1.82, 2.24) is 0 Å². The van der Waals surface area contributed by atoms with Gasteiger partial charge in [0.05, 0.1) is 0 Å². The van der Waals surface area contributed by atoms with Gasteiger partial charge in [-0.1, -0.05) is 51.1 Å². The summed E-state index contributed by atoms with van der Waals surface area (Å²) in [5.41, 5.74) is 7.55. The summed E-state index contributed by atoms with van der Waals surface area (Å²) >= 11 is 0. The minimum atomic E-state index is 0.188. The van der Waals surface area contributed by atoms with Crippen LogP contribution in [-0.2, 0) is 5.41 Å². The molecule has 1 aliphatic carbocycles. The van der Waals surface area contributed by atoms with Crippen LogP contribution in [0.15, 0.2) is 18.2 Å². The van der Waals surface area contributed by atoms with Crippen molar-refractivity contribution >= 4 is 12.2 Å². The SMILES string of the molecule is CC(C)(C)c1cccc2c1=CCC(N)C=2. The topological polar surface area (TPSA) is 26.0 Å². The smallest absolute Gasteiger partial charge is 0.0268 e. The molecule has 15 heavy (non-hydrogen) atoms. The number of nitrogens with two attached hydrogens (primary N) is 1. The third kappa shape index (κ3) is 1.98. The van der Waals surface area contributed by atoms with Crippen LogP contribution < -0.4 is 16.2 Å². The van der Waals surface area contributed by atoms with E-state index in [0.29, 0.717) is 0 Å². The van der Waals surface area contributed by atoms with Crippen molar-refractivity contribution in [3.8, 4) is 0 Å². The first-order valence-electron chi connectivity index (χ1n) is 5.55. The molecule has 0 saturated heterocycles. The van der Waals surface area contributed by atoms with Gasteiger partial charge in [0.2, 0.25) is 0 Å². The Morgan fingerprint density at radius 2 is 2.00 bits per heavy atom. The van der Waals surface area contributed by atoms with Crippen molar-refractivity contribution in [1.29, 1.82) is 0 Å². The Morgan fingerprint density at radius 1 is 1.27 bits per heavy atom. The zero-order valence-corrected chi connectivity index (χ0v) is 9.75. The molecule has 0 saturated carbocycles. The molecule has 2 N–H and O–H groups in total. The Bertz CT molecular complexity index is 477. The summed E-state index contributed by atoms with van der Waals surface area (Å²) in [6.07, 6.45) is 5.41. The van der Waals surface area contributed by atoms with E-state index >= 15 is 0 Å². The highest BCUT2D eigenvalue weighted by atomic mass is 14.6. The van der Waals surface area contributed by atoms with Crippen molar-refractivity contribution in [2.75, 3.05) is 0 Å². The molecule has 1 unspecified atom stereocenters. The number of benzene rings is 1. The first-order chi connectivity index (χ1) is 6.98. The third-order valence-corrected chi connectivity index (χ3v) is 2.94. The van der Waals surface area contributed by atoms with Crippen LogP contribution in [0.3, 0.4) is 0 Å². The third-order valence-electron chi connectivity index (χ3n) is 2.94. The molecule has 0 aliphatic heterocycles. The molecule has 0 bridgehead atoms. The predicted octanol–water partition coefficient (Wildman–Crippen LogP) is 1.28. The first kappa shape index (κ1) is 10.4. The lowest BCUT2D eigenvalue weighted by molar-refractivity contribution is 0.584. The normalized spacial score (nSPS) is 20.1.